The number of nitrogens with one attached hydrogen (secondary N) is 1. The van der Waals surface area contributed by atoms with E-state index < -0.39 is 0 Å². The Morgan fingerprint density at radius 1 is 1.43 bits per heavy atom. The second kappa shape index (κ2) is 6.34. The van der Waals surface area contributed by atoms with Gasteiger partial charge in [0.15, 0.2) is 0 Å². The maximum Gasteiger partial charge on any atom is 0.238 e. The van der Waals surface area contributed by atoms with Crippen LogP contribution in [0.15, 0.2) is 24.3 Å². The molecule has 3 rings (SSSR count). The maximum absolute atomic E-state index is 12.2. The number of hydrogen-bond donors (Lipinski definition) is 1. The molecule has 114 valence electrons. The van der Waals surface area contributed by atoms with Crippen LogP contribution in [0.3, 0.4) is 0 Å². The summed E-state index contributed by atoms with van der Waals surface area (Å²) in [5.74, 6) is 0.183. The largest absolute Gasteiger partial charge is 0.320 e. The molecule has 2 unspecified atom stereocenters. The van der Waals surface area contributed by atoms with Crippen molar-refractivity contribution < 1.29 is 4.79 Å². The lowest BCUT2D eigenvalue weighted by molar-refractivity contribution is -0.128. The molecule has 1 amide bonds. The number of benzene rings is 1. The van der Waals surface area contributed by atoms with Crippen molar-refractivity contribution in [3.63, 3.8) is 0 Å². The molecule has 0 aliphatic carbocycles. The van der Waals surface area contributed by atoms with Crippen LogP contribution in [0.1, 0.15) is 31.5 Å². The monoisotopic (exact) mass is 307 g/mol. The number of carbonyl (C=O) groups is 1. The van der Waals surface area contributed by atoms with Crippen LogP contribution in [-0.2, 0) is 4.79 Å². The number of halogens is 1. The molecule has 0 aromatic heterocycles. The summed E-state index contributed by atoms with van der Waals surface area (Å²) in [4.78, 5) is 16.7. The molecule has 1 N–H and O–H groups in total. The van der Waals surface area contributed by atoms with Crippen LogP contribution in [0.2, 0.25) is 5.02 Å². The number of amides is 1. The predicted molar refractivity (Wildman–Crippen MR) is 84.2 cm³/mol. The Morgan fingerprint density at radius 3 is 3.05 bits per heavy atom. The van der Waals surface area contributed by atoms with Crippen LogP contribution in [0, 0.1) is 0 Å². The second-order valence-electron chi connectivity index (χ2n) is 5.81. The molecule has 0 saturated carbocycles. The van der Waals surface area contributed by atoms with Crippen molar-refractivity contribution in [3.05, 3.63) is 34.9 Å². The minimum absolute atomic E-state index is 0.0458. The molecule has 0 radical (unpaired) electrons. The van der Waals surface area contributed by atoms with Gasteiger partial charge >= 0.3 is 0 Å². The van der Waals surface area contributed by atoms with Gasteiger partial charge in [0.25, 0.3) is 0 Å². The van der Waals surface area contributed by atoms with Gasteiger partial charge in [-0.25, -0.2) is 0 Å². The molecule has 0 spiro atoms. The zero-order valence-electron chi connectivity index (χ0n) is 12.4. The van der Waals surface area contributed by atoms with Gasteiger partial charge in [-0.05, 0) is 43.6 Å². The highest BCUT2D eigenvalue weighted by atomic mass is 35.5. The smallest absolute Gasteiger partial charge is 0.238 e. The lowest BCUT2D eigenvalue weighted by atomic mass is 10.1. The molecular weight excluding hydrogens is 286 g/mol. The minimum Gasteiger partial charge on any atom is -0.320 e. The zero-order chi connectivity index (χ0) is 14.8. The molecule has 1 aromatic carbocycles. The summed E-state index contributed by atoms with van der Waals surface area (Å²) in [6.07, 6.45) is 2.37. The molecule has 2 fully saturated rings. The van der Waals surface area contributed by atoms with Gasteiger partial charge in [-0.3, -0.25) is 15.0 Å². The predicted octanol–water partition coefficient (Wildman–Crippen LogP) is 2.25. The number of likely N-dealkylation sites (tertiary alicyclic amines) is 1. The first-order valence-electron chi connectivity index (χ1n) is 7.71. The van der Waals surface area contributed by atoms with Gasteiger partial charge in [0.1, 0.15) is 6.17 Å². The summed E-state index contributed by atoms with van der Waals surface area (Å²) in [5, 5.41) is 4.02. The highest BCUT2D eigenvalue weighted by Gasteiger charge is 2.35. The summed E-state index contributed by atoms with van der Waals surface area (Å²) in [6, 6.07) is 8.26. The van der Waals surface area contributed by atoms with Crippen molar-refractivity contribution in [2.24, 2.45) is 0 Å². The van der Waals surface area contributed by atoms with E-state index in [4.69, 9.17) is 11.6 Å². The maximum atomic E-state index is 12.2. The summed E-state index contributed by atoms with van der Waals surface area (Å²) >= 11 is 6.08. The van der Waals surface area contributed by atoms with E-state index >= 15 is 0 Å². The van der Waals surface area contributed by atoms with Gasteiger partial charge in [-0.1, -0.05) is 30.7 Å². The molecule has 4 nitrogen and oxygen atoms in total. The lowest BCUT2D eigenvalue weighted by Gasteiger charge is -2.31. The number of rotatable bonds is 4. The number of nitrogens with zero attached hydrogens (tertiary/aromatic N) is 2. The number of carbonyl (C=O) groups excluding carboxylic acids is 1. The Bertz CT molecular complexity index is 522. The van der Waals surface area contributed by atoms with E-state index in [0.717, 1.165) is 25.2 Å². The molecule has 1 aromatic rings. The number of likely N-dealkylation sites (N-methyl/N-ethyl adjacent to an activating group) is 1. The molecule has 2 aliphatic rings. The summed E-state index contributed by atoms with van der Waals surface area (Å²) < 4.78 is 0. The van der Waals surface area contributed by atoms with E-state index in [2.05, 4.69) is 17.1 Å². The molecule has 2 heterocycles. The SMILES string of the molecule is CCN1CCCC1CN1C(=O)CNC1c1cccc(Cl)c1. The molecule has 0 bridgehead atoms. The van der Waals surface area contributed by atoms with Crippen LogP contribution in [-0.4, -0.2) is 47.9 Å². The Morgan fingerprint density at radius 2 is 2.29 bits per heavy atom. The Balaban J connectivity index is 1.76. The third-order valence-corrected chi connectivity index (χ3v) is 4.79. The molecule has 5 heteroatoms. The fraction of sp³-hybridized carbons (Fsp3) is 0.562. The molecule has 21 heavy (non-hydrogen) atoms. The van der Waals surface area contributed by atoms with Gasteiger partial charge < -0.3 is 4.90 Å². The summed E-state index contributed by atoms with van der Waals surface area (Å²) in [6.45, 7) is 5.62. The Labute approximate surface area is 131 Å². The topological polar surface area (TPSA) is 35.6 Å². The van der Waals surface area contributed by atoms with E-state index in [-0.39, 0.29) is 12.1 Å². The highest BCUT2D eigenvalue weighted by molar-refractivity contribution is 6.30. The van der Waals surface area contributed by atoms with Crippen LogP contribution in [0.5, 0.6) is 0 Å². The van der Waals surface area contributed by atoms with Gasteiger partial charge in [-0.15, -0.1) is 0 Å². The van der Waals surface area contributed by atoms with E-state index in [1.165, 1.54) is 12.8 Å². The average Bonchev–Trinajstić information content (AvgIpc) is 3.07. The van der Waals surface area contributed by atoms with E-state index in [9.17, 15) is 4.79 Å². The first-order chi connectivity index (χ1) is 10.2. The lowest BCUT2D eigenvalue weighted by Crippen LogP contribution is -2.42. The molecule has 2 aliphatic heterocycles. The van der Waals surface area contributed by atoms with E-state index in [0.29, 0.717) is 17.6 Å². The highest BCUT2D eigenvalue weighted by Crippen LogP contribution is 2.27. The van der Waals surface area contributed by atoms with Gasteiger partial charge in [0, 0.05) is 17.6 Å². The molecule has 2 atom stereocenters. The fourth-order valence-corrected chi connectivity index (χ4v) is 3.67. The first-order valence-corrected chi connectivity index (χ1v) is 8.09. The quantitative estimate of drug-likeness (QED) is 0.927. The van der Waals surface area contributed by atoms with Gasteiger partial charge in [-0.2, -0.15) is 0 Å². The van der Waals surface area contributed by atoms with Gasteiger partial charge in [0.05, 0.1) is 6.54 Å². The molecule has 2 saturated heterocycles. The number of hydrogen-bond acceptors (Lipinski definition) is 3. The van der Waals surface area contributed by atoms with Crippen molar-refractivity contribution >= 4 is 17.5 Å². The van der Waals surface area contributed by atoms with E-state index in [1.54, 1.807) is 0 Å². The van der Waals surface area contributed by atoms with Gasteiger partial charge in [0.2, 0.25) is 5.91 Å². The second-order valence-corrected chi connectivity index (χ2v) is 6.25. The zero-order valence-corrected chi connectivity index (χ0v) is 13.1. The van der Waals surface area contributed by atoms with Crippen LogP contribution < -0.4 is 5.32 Å². The Kier molecular flexibility index (Phi) is 4.48. The van der Waals surface area contributed by atoms with Crippen molar-refractivity contribution in [1.82, 2.24) is 15.1 Å². The first kappa shape index (κ1) is 14.8. The normalized spacial score (nSPS) is 26.8. The third kappa shape index (κ3) is 3.07. The van der Waals surface area contributed by atoms with Crippen molar-refractivity contribution in [1.29, 1.82) is 0 Å². The molecular formula is C16H22ClN3O. The van der Waals surface area contributed by atoms with Crippen LogP contribution in [0.25, 0.3) is 0 Å². The van der Waals surface area contributed by atoms with Crippen molar-refractivity contribution in [3.8, 4) is 0 Å². The summed E-state index contributed by atoms with van der Waals surface area (Å²) in [5.41, 5.74) is 1.06. The average molecular weight is 308 g/mol. The van der Waals surface area contributed by atoms with Crippen LogP contribution in [0.4, 0.5) is 0 Å². The van der Waals surface area contributed by atoms with Crippen molar-refractivity contribution in [2.45, 2.75) is 32.0 Å². The third-order valence-electron chi connectivity index (χ3n) is 4.56. The summed E-state index contributed by atoms with van der Waals surface area (Å²) in [7, 11) is 0. The Hall–Kier alpha value is -1.10. The minimum atomic E-state index is -0.0458. The van der Waals surface area contributed by atoms with Crippen LogP contribution >= 0.6 is 11.6 Å². The van der Waals surface area contributed by atoms with Crippen molar-refractivity contribution in [2.75, 3.05) is 26.2 Å². The standard InChI is InChI=1S/C16H22ClN3O/c1-2-19-8-4-7-14(19)11-20-15(21)10-18-16(20)12-5-3-6-13(17)9-12/h3,5-6,9,14,16,18H,2,4,7-8,10-11H2,1H3. The van der Waals surface area contributed by atoms with E-state index in [1.807, 2.05) is 29.2 Å². The fourth-order valence-electron chi connectivity index (χ4n) is 3.47.